The van der Waals surface area contributed by atoms with Crippen LogP contribution in [0.4, 0.5) is 5.69 Å². The highest BCUT2D eigenvalue weighted by Gasteiger charge is 2.46. The molecule has 1 aliphatic heterocycles. The molecule has 4 rings (SSSR count). The molecule has 0 aromatic heterocycles. The predicted molar refractivity (Wildman–Crippen MR) is 110 cm³/mol. The molecule has 26 heavy (non-hydrogen) atoms. The third-order valence-corrected chi connectivity index (χ3v) is 6.07. The zero-order valence-corrected chi connectivity index (χ0v) is 16.5. The number of carbonyl (C=O) groups is 1. The van der Waals surface area contributed by atoms with Crippen molar-refractivity contribution in [2.75, 3.05) is 31.1 Å². The van der Waals surface area contributed by atoms with Crippen molar-refractivity contribution in [2.24, 2.45) is 5.92 Å². The molecule has 0 spiro atoms. The Hall–Kier alpha value is -1.65. The molecule has 1 amide bonds. The average molecular weight is 387 g/mol. The topological polar surface area (TPSA) is 23.6 Å². The molecule has 0 N–H and O–H groups in total. The van der Waals surface area contributed by atoms with Crippen molar-refractivity contribution in [3.8, 4) is 0 Å². The average Bonchev–Trinajstić information content (AvgIpc) is 3.45. The van der Waals surface area contributed by atoms with Gasteiger partial charge in [-0.2, -0.15) is 0 Å². The summed E-state index contributed by atoms with van der Waals surface area (Å²) < 4.78 is 0. The zero-order chi connectivity index (χ0) is 18.3. The summed E-state index contributed by atoms with van der Waals surface area (Å²) in [4.78, 5) is 18.2. The Kier molecular flexibility index (Phi) is 4.89. The van der Waals surface area contributed by atoms with E-state index >= 15 is 0 Å². The molecule has 2 fully saturated rings. The minimum absolute atomic E-state index is 0.153. The van der Waals surface area contributed by atoms with Crippen molar-refractivity contribution in [3.05, 3.63) is 58.6 Å². The van der Waals surface area contributed by atoms with Crippen molar-refractivity contribution < 1.29 is 4.79 Å². The molecule has 1 saturated carbocycles. The van der Waals surface area contributed by atoms with Crippen LogP contribution in [0.2, 0.25) is 5.02 Å². The van der Waals surface area contributed by atoms with Gasteiger partial charge < -0.3 is 9.80 Å². The lowest BCUT2D eigenvalue weighted by Gasteiger charge is -2.37. The Balaban J connectivity index is 1.36. The molecule has 1 saturated heterocycles. The van der Waals surface area contributed by atoms with Gasteiger partial charge in [-0.1, -0.05) is 29.8 Å². The highest BCUT2D eigenvalue weighted by atomic mass is 35.5. The minimum atomic E-state index is 0.153. The molecule has 1 heterocycles. The van der Waals surface area contributed by atoms with Crippen LogP contribution in [0.15, 0.2) is 47.4 Å². The summed E-state index contributed by atoms with van der Waals surface area (Å²) in [6.45, 7) is 5.39. The van der Waals surface area contributed by atoms with Crippen LogP contribution in [0.5, 0.6) is 0 Å². The highest BCUT2D eigenvalue weighted by molar-refractivity contribution is 7.80. The molecule has 2 aromatic rings. The van der Waals surface area contributed by atoms with E-state index in [2.05, 4.69) is 42.7 Å². The number of hydrogen-bond acceptors (Lipinski definition) is 3. The van der Waals surface area contributed by atoms with Crippen molar-refractivity contribution in [1.29, 1.82) is 0 Å². The smallest absolute Gasteiger partial charge is 0.226 e. The molecule has 2 atom stereocenters. The number of rotatable bonds is 3. The molecule has 0 bridgehead atoms. The van der Waals surface area contributed by atoms with E-state index in [4.69, 9.17) is 11.6 Å². The maximum atomic E-state index is 12.8. The molecule has 0 radical (unpaired) electrons. The lowest BCUT2D eigenvalue weighted by molar-refractivity contribution is -0.132. The van der Waals surface area contributed by atoms with Gasteiger partial charge in [0.05, 0.1) is 0 Å². The maximum Gasteiger partial charge on any atom is 0.226 e. The van der Waals surface area contributed by atoms with Gasteiger partial charge >= 0.3 is 0 Å². The van der Waals surface area contributed by atoms with Gasteiger partial charge in [0.1, 0.15) is 0 Å². The van der Waals surface area contributed by atoms with Crippen LogP contribution in [0, 0.1) is 12.8 Å². The van der Waals surface area contributed by atoms with Gasteiger partial charge in [-0.25, -0.2) is 0 Å². The standard InChI is InChI=1S/C21H23ClN2OS/c1-14-2-5-16(22)12-20(14)23-8-10-24(11-9-23)21(25)19-13-18(19)15-3-6-17(26)7-4-15/h2-7,12,18-19,26H,8-11,13H2,1H3/t18-,19-/m0/s1. The van der Waals surface area contributed by atoms with Gasteiger partial charge in [-0.05, 0) is 54.7 Å². The van der Waals surface area contributed by atoms with Crippen LogP contribution >= 0.6 is 24.2 Å². The van der Waals surface area contributed by atoms with Crippen LogP contribution < -0.4 is 4.90 Å². The Morgan fingerprint density at radius 2 is 1.77 bits per heavy atom. The second-order valence-corrected chi connectivity index (χ2v) is 8.24. The second kappa shape index (κ2) is 7.16. The number of benzene rings is 2. The molecule has 1 aliphatic carbocycles. The second-order valence-electron chi connectivity index (χ2n) is 7.28. The first-order chi connectivity index (χ1) is 12.5. The summed E-state index contributed by atoms with van der Waals surface area (Å²) in [7, 11) is 0. The number of hydrogen-bond donors (Lipinski definition) is 1. The summed E-state index contributed by atoms with van der Waals surface area (Å²) >= 11 is 10.5. The van der Waals surface area contributed by atoms with E-state index in [1.165, 1.54) is 16.8 Å². The van der Waals surface area contributed by atoms with Crippen molar-refractivity contribution in [1.82, 2.24) is 4.90 Å². The van der Waals surface area contributed by atoms with E-state index in [0.29, 0.717) is 11.8 Å². The van der Waals surface area contributed by atoms with Gasteiger partial charge in [0.25, 0.3) is 0 Å². The Bertz CT molecular complexity index is 815. The maximum absolute atomic E-state index is 12.8. The number of carbonyl (C=O) groups excluding carboxylic acids is 1. The lowest BCUT2D eigenvalue weighted by atomic mass is 10.1. The van der Waals surface area contributed by atoms with E-state index in [-0.39, 0.29) is 5.92 Å². The fourth-order valence-electron chi connectivity index (χ4n) is 3.88. The first-order valence-electron chi connectivity index (χ1n) is 9.12. The zero-order valence-electron chi connectivity index (χ0n) is 14.9. The number of piperazine rings is 1. The van der Waals surface area contributed by atoms with Crippen LogP contribution in [0.3, 0.4) is 0 Å². The largest absolute Gasteiger partial charge is 0.368 e. The third kappa shape index (κ3) is 3.58. The van der Waals surface area contributed by atoms with E-state index in [1.54, 1.807) is 0 Å². The number of anilines is 1. The highest BCUT2D eigenvalue weighted by Crippen LogP contribution is 2.48. The van der Waals surface area contributed by atoms with Gasteiger partial charge in [0.15, 0.2) is 0 Å². The molecule has 2 aromatic carbocycles. The molecule has 136 valence electrons. The number of nitrogens with zero attached hydrogens (tertiary/aromatic N) is 2. The Labute approximate surface area is 165 Å². The fraction of sp³-hybridized carbons (Fsp3) is 0.381. The fourth-order valence-corrected chi connectivity index (χ4v) is 4.20. The quantitative estimate of drug-likeness (QED) is 0.791. The molecular weight excluding hydrogens is 364 g/mol. The number of aryl methyl sites for hydroxylation is 1. The SMILES string of the molecule is Cc1ccc(Cl)cc1N1CCN(C(=O)[C@H]2C[C@H]2c2ccc(S)cc2)CC1. The monoisotopic (exact) mass is 386 g/mol. The third-order valence-electron chi connectivity index (χ3n) is 5.53. The van der Waals surface area contributed by atoms with E-state index in [9.17, 15) is 4.79 Å². The number of thiol groups is 1. The molecule has 0 unspecified atom stereocenters. The van der Waals surface area contributed by atoms with E-state index in [0.717, 1.165) is 42.5 Å². The van der Waals surface area contributed by atoms with Gasteiger partial charge in [-0.15, -0.1) is 12.6 Å². The summed E-state index contributed by atoms with van der Waals surface area (Å²) in [6.07, 6.45) is 0.971. The summed E-state index contributed by atoms with van der Waals surface area (Å²) in [5.41, 5.74) is 3.67. The Morgan fingerprint density at radius 3 is 2.46 bits per heavy atom. The van der Waals surface area contributed by atoms with Crippen molar-refractivity contribution >= 4 is 35.8 Å². The number of halogens is 1. The van der Waals surface area contributed by atoms with Gasteiger partial charge in [0.2, 0.25) is 5.91 Å². The van der Waals surface area contributed by atoms with E-state index < -0.39 is 0 Å². The first kappa shape index (κ1) is 17.7. The summed E-state index contributed by atoms with van der Waals surface area (Å²) in [5, 5.41) is 0.761. The summed E-state index contributed by atoms with van der Waals surface area (Å²) in [5.74, 6) is 0.845. The predicted octanol–water partition coefficient (Wildman–Crippen LogP) is 4.39. The lowest BCUT2D eigenvalue weighted by Crippen LogP contribution is -2.49. The van der Waals surface area contributed by atoms with Crippen molar-refractivity contribution in [3.63, 3.8) is 0 Å². The van der Waals surface area contributed by atoms with Gasteiger partial charge in [0, 0.05) is 47.7 Å². The summed E-state index contributed by atoms with van der Waals surface area (Å²) in [6, 6.07) is 14.2. The van der Waals surface area contributed by atoms with E-state index in [1.807, 2.05) is 29.2 Å². The Morgan fingerprint density at radius 1 is 1.08 bits per heavy atom. The molecule has 2 aliphatic rings. The van der Waals surface area contributed by atoms with Crippen LogP contribution in [-0.4, -0.2) is 37.0 Å². The molecule has 5 heteroatoms. The minimum Gasteiger partial charge on any atom is -0.368 e. The molecular formula is C21H23ClN2OS. The number of amides is 1. The van der Waals surface area contributed by atoms with Gasteiger partial charge in [-0.3, -0.25) is 4.79 Å². The van der Waals surface area contributed by atoms with Crippen molar-refractivity contribution in [2.45, 2.75) is 24.2 Å². The van der Waals surface area contributed by atoms with Crippen LogP contribution in [0.1, 0.15) is 23.5 Å². The first-order valence-corrected chi connectivity index (χ1v) is 9.94. The molecule has 3 nitrogen and oxygen atoms in total. The normalized spacial score (nSPS) is 22.4. The van der Waals surface area contributed by atoms with Crippen LogP contribution in [0.25, 0.3) is 0 Å². The van der Waals surface area contributed by atoms with Crippen LogP contribution in [-0.2, 0) is 4.79 Å².